The average Bonchev–Trinajstić information content (AvgIpc) is 2.89. The predicted octanol–water partition coefficient (Wildman–Crippen LogP) is 4.33. The van der Waals surface area contributed by atoms with Gasteiger partial charge in [0.25, 0.3) is 0 Å². The van der Waals surface area contributed by atoms with Crippen LogP contribution in [0.25, 0.3) is 0 Å². The van der Waals surface area contributed by atoms with E-state index >= 15 is 0 Å². The van der Waals surface area contributed by atoms with Crippen molar-refractivity contribution >= 4 is 11.6 Å². The van der Waals surface area contributed by atoms with Crippen molar-refractivity contribution in [1.82, 2.24) is 5.32 Å². The minimum atomic E-state index is 0.494. The van der Waals surface area contributed by atoms with Crippen LogP contribution in [0.3, 0.4) is 0 Å². The number of benzene rings is 1. The lowest BCUT2D eigenvalue weighted by molar-refractivity contribution is 0.402. The van der Waals surface area contributed by atoms with E-state index in [1.54, 1.807) is 6.26 Å². The highest BCUT2D eigenvalue weighted by Gasteiger charge is 2.13. The van der Waals surface area contributed by atoms with E-state index in [1.165, 1.54) is 5.56 Å². The molecule has 0 amide bonds. The Balaban J connectivity index is 2.01. The Labute approximate surface area is 126 Å². The van der Waals surface area contributed by atoms with Gasteiger partial charge in [-0.1, -0.05) is 37.6 Å². The first kappa shape index (κ1) is 15.1. The molecule has 2 aromatic rings. The Morgan fingerprint density at radius 3 is 2.65 bits per heavy atom. The number of hydrogen-bond acceptors (Lipinski definition) is 2. The van der Waals surface area contributed by atoms with Gasteiger partial charge in [0.2, 0.25) is 0 Å². The van der Waals surface area contributed by atoms with Crippen LogP contribution < -0.4 is 5.32 Å². The van der Waals surface area contributed by atoms with Crippen LogP contribution in [-0.2, 0) is 12.8 Å². The fraction of sp³-hybridized carbons (Fsp3) is 0.412. The second kappa shape index (κ2) is 7.51. The smallest absolute Gasteiger partial charge is 0.104 e. The van der Waals surface area contributed by atoms with E-state index in [0.29, 0.717) is 12.0 Å². The van der Waals surface area contributed by atoms with E-state index in [1.807, 2.05) is 30.3 Å². The van der Waals surface area contributed by atoms with Crippen LogP contribution in [0.5, 0.6) is 0 Å². The third-order valence-electron chi connectivity index (χ3n) is 3.30. The Morgan fingerprint density at radius 1 is 1.15 bits per heavy atom. The van der Waals surface area contributed by atoms with E-state index in [2.05, 4.69) is 25.2 Å². The molecule has 2 rings (SSSR count). The quantitative estimate of drug-likeness (QED) is 0.821. The SMILES string of the molecule is CC(C)NCC(Cc1cccc(Cl)c1)Cc1ccco1. The lowest BCUT2D eigenvalue weighted by atomic mass is 9.94. The van der Waals surface area contributed by atoms with Gasteiger partial charge in [-0.05, 0) is 48.7 Å². The molecule has 108 valence electrons. The molecule has 3 heteroatoms. The first-order valence-corrected chi connectivity index (χ1v) is 7.51. The van der Waals surface area contributed by atoms with Gasteiger partial charge in [0.1, 0.15) is 5.76 Å². The van der Waals surface area contributed by atoms with Crippen LogP contribution in [0.1, 0.15) is 25.2 Å². The number of halogens is 1. The standard InChI is InChI=1S/C17H22ClNO/c1-13(2)19-12-15(11-17-7-4-8-20-17)9-14-5-3-6-16(18)10-14/h3-8,10,13,15,19H,9,11-12H2,1-2H3. The molecule has 0 aliphatic rings. The van der Waals surface area contributed by atoms with Crippen LogP contribution >= 0.6 is 11.6 Å². The molecule has 0 saturated carbocycles. The molecule has 0 radical (unpaired) electrons. The number of nitrogens with one attached hydrogen (secondary N) is 1. The van der Waals surface area contributed by atoms with Crippen molar-refractivity contribution in [2.75, 3.05) is 6.54 Å². The van der Waals surface area contributed by atoms with Gasteiger partial charge in [0, 0.05) is 17.5 Å². The lowest BCUT2D eigenvalue weighted by Gasteiger charge is -2.18. The fourth-order valence-corrected chi connectivity index (χ4v) is 2.54. The summed E-state index contributed by atoms with van der Waals surface area (Å²) in [5.41, 5.74) is 1.28. The van der Waals surface area contributed by atoms with Crippen LogP contribution in [0, 0.1) is 5.92 Å². The monoisotopic (exact) mass is 291 g/mol. The van der Waals surface area contributed by atoms with Gasteiger partial charge >= 0.3 is 0 Å². The molecule has 2 nitrogen and oxygen atoms in total. The number of rotatable bonds is 7. The second-order valence-corrected chi connectivity index (χ2v) is 5.98. The molecule has 1 N–H and O–H groups in total. The summed E-state index contributed by atoms with van der Waals surface area (Å²) in [5.74, 6) is 1.55. The fourth-order valence-electron chi connectivity index (χ4n) is 2.33. The molecule has 0 aliphatic heterocycles. The summed E-state index contributed by atoms with van der Waals surface area (Å²) >= 11 is 6.06. The zero-order chi connectivity index (χ0) is 14.4. The van der Waals surface area contributed by atoms with Gasteiger partial charge < -0.3 is 9.73 Å². The van der Waals surface area contributed by atoms with Crippen LogP contribution in [0.15, 0.2) is 47.1 Å². The first-order chi connectivity index (χ1) is 9.63. The molecule has 1 heterocycles. The van der Waals surface area contributed by atoms with E-state index in [0.717, 1.165) is 30.2 Å². The van der Waals surface area contributed by atoms with Gasteiger partial charge in [-0.2, -0.15) is 0 Å². The molecular weight excluding hydrogens is 270 g/mol. The maximum atomic E-state index is 6.06. The summed E-state index contributed by atoms with van der Waals surface area (Å²) in [6.45, 7) is 5.32. The van der Waals surface area contributed by atoms with Gasteiger partial charge in [-0.15, -0.1) is 0 Å². The van der Waals surface area contributed by atoms with Crippen molar-refractivity contribution in [3.63, 3.8) is 0 Å². The summed E-state index contributed by atoms with van der Waals surface area (Å²) in [7, 11) is 0. The van der Waals surface area contributed by atoms with Crippen molar-refractivity contribution in [2.45, 2.75) is 32.7 Å². The summed E-state index contributed by atoms with van der Waals surface area (Å²) in [4.78, 5) is 0. The lowest BCUT2D eigenvalue weighted by Crippen LogP contribution is -2.31. The summed E-state index contributed by atoms with van der Waals surface area (Å²) < 4.78 is 5.48. The normalized spacial score (nSPS) is 12.8. The van der Waals surface area contributed by atoms with Gasteiger partial charge in [-0.25, -0.2) is 0 Å². The zero-order valence-electron chi connectivity index (χ0n) is 12.1. The maximum absolute atomic E-state index is 6.06. The Morgan fingerprint density at radius 2 is 2.00 bits per heavy atom. The summed E-state index contributed by atoms with van der Waals surface area (Å²) in [6.07, 6.45) is 3.68. The van der Waals surface area contributed by atoms with Gasteiger partial charge in [0.15, 0.2) is 0 Å². The number of furan rings is 1. The molecule has 1 atom stereocenters. The molecule has 0 saturated heterocycles. The van der Waals surface area contributed by atoms with E-state index in [9.17, 15) is 0 Å². The topological polar surface area (TPSA) is 25.2 Å². The maximum Gasteiger partial charge on any atom is 0.104 e. The molecule has 1 aromatic carbocycles. The highest BCUT2D eigenvalue weighted by atomic mass is 35.5. The van der Waals surface area contributed by atoms with Crippen LogP contribution in [-0.4, -0.2) is 12.6 Å². The second-order valence-electron chi connectivity index (χ2n) is 5.55. The highest BCUT2D eigenvalue weighted by molar-refractivity contribution is 6.30. The Bertz CT molecular complexity index is 507. The number of hydrogen-bond donors (Lipinski definition) is 1. The molecular formula is C17H22ClNO. The molecule has 0 fully saturated rings. The van der Waals surface area contributed by atoms with Crippen molar-refractivity contribution in [1.29, 1.82) is 0 Å². The zero-order valence-corrected chi connectivity index (χ0v) is 12.9. The van der Waals surface area contributed by atoms with Crippen molar-refractivity contribution in [3.05, 3.63) is 59.0 Å². The summed E-state index contributed by atoms with van der Waals surface area (Å²) in [6, 6.07) is 12.6. The Kier molecular flexibility index (Phi) is 5.69. The van der Waals surface area contributed by atoms with Gasteiger partial charge in [0.05, 0.1) is 6.26 Å². The summed E-state index contributed by atoms with van der Waals surface area (Å²) in [5, 5.41) is 4.32. The van der Waals surface area contributed by atoms with E-state index in [-0.39, 0.29) is 0 Å². The molecule has 1 aromatic heterocycles. The average molecular weight is 292 g/mol. The van der Waals surface area contributed by atoms with Crippen molar-refractivity contribution in [3.8, 4) is 0 Å². The van der Waals surface area contributed by atoms with Crippen LogP contribution in [0.4, 0.5) is 0 Å². The third kappa shape index (κ3) is 5.03. The molecule has 0 spiro atoms. The molecule has 0 aliphatic carbocycles. The molecule has 20 heavy (non-hydrogen) atoms. The van der Waals surface area contributed by atoms with Crippen LogP contribution in [0.2, 0.25) is 5.02 Å². The third-order valence-corrected chi connectivity index (χ3v) is 3.53. The first-order valence-electron chi connectivity index (χ1n) is 7.13. The van der Waals surface area contributed by atoms with Crippen molar-refractivity contribution in [2.24, 2.45) is 5.92 Å². The van der Waals surface area contributed by atoms with E-state index in [4.69, 9.17) is 16.0 Å². The minimum Gasteiger partial charge on any atom is -0.469 e. The van der Waals surface area contributed by atoms with Crippen molar-refractivity contribution < 1.29 is 4.42 Å². The molecule has 1 unspecified atom stereocenters. The minimum absolute atomic E-state index is 0.494. The largest absolute Gasteiger partial charge is 0.469 e. The molecule has 0 bridgehead atoms. The predicted molar refractivity (Wildman–Crippen MR) is 84.2 cm³/mol. The Hall–Kier alpha value is -1.25. The highest BCUT2D eigenvalue weighted by Crippen LogP contribution is 2.18. The van der Waals surface area contributed by atoms with E-state index < -0.39 is 0 Å². The van der Waals surface area contributed by atoms with Gasteiger partial charge in [-0.3, -0.25) is 0 Å².